The van der Waals surface area contributed by atoms with Crippen LogP contribution in [-0.2, 0) is 22.3 Å². The lowest BCUT2D eigenvalue weighted by Crippen LogP contribution is -2.57. The summed E-state index contributed by atoms with van der Waals surface area (Å²) in [5.74, 6) is 0.392. The highest BCUT2D eigenvalue weighted by Crippen LogP contribution is 2.67. The van der Waals surface area contributed by atoms with Gasteiger partial charge in [-0.3, -0.25) is 9.59 Å². The van der Waals surface area contributed by atoms with E-state index in [1.54, 1.807) is 36.3 Å². The van der Waals surface area contributed by atoms with Crippen LogP contribution in [0.3, 0.4) is 0 Å². The second kappa shape index (κ2) is 11.8. The van der Waals surface area contributed by atoms with Crippen molar-refractivity contribution in [1.82, 2.24) is 9.88 Å². The van der Waals surface area contributed by atoms with E-state index >= 15 is 0 Å². The third-order valence-corrected chi connectivity index (χ3v) is 10.3. The normalized spacial score (nSPS) is 20.0. The molecule has 46 heavy (non-hydrogen) atoms. The maximum Gasteiger partial charge on any atom is 0.416 e. The molecular formula is C37H40F3N3O3. The largest absolute Gasteiger partial charge is 0.497 e. The average Bonchev–Trinajstić information content (AvgIpc) is 3.37. The van der Waals surface area contributed by atoms with E-state index in [1.807, 2.05) is 12.1 Å². The van der Waals surface area contributed by atoms with Gasteiger partial charge in [-0.15, -0.1) is 0 Å². The minimum atomic E-state index is -4.47. The van der Waals surface area contributed by atoms with Crippen LogP contribution in [0.1, 0.15) is 74.3 Å². The van der Waals surface area contributed by atoms with Gasteiger partial charge in [0.15, 0.2) is 0 Å². The maximum absolute atomic E-state index is 14.5. The number of ether oxygens (including phenoxy) is 1. The Morgan fingerprint density at radius 2 is 1.63 bits per heavy atom. The fourth-order valence-corrected chi connectivity index (χ4v) is 7.66. The second-order valence-corrected chi connectivity index (χ2v) is 13.4. The number of aryl methyl sites for hydroxylation is 1. The van der Waals surface area contributed by atoms with Crippen LogP contribution < -0.4 is 10.1 Å². The number of carbonyl (C=O) groups excluding carboxylic acids is 2. The molecule has 0 spiro atoms. The van der Waals surface area contributed by atoms with Crippen molar-refractivity contribution in [1.29, 1.82) is 0 Å². The fourth-order valence-electron chi connectivity index (χ4n) is 7.66. The first-order valence-corrected chi connectivity index (χ1v) is 15.8. The summed E-state index contributed by atoms with van der Waals surface area (Å²) in [7, 11) is 1.57. The summed E-state index contributed by atoms with van der Waals surface area (Å²) in [4.78, 5) is 33.9. The van der Waals surface area contributed by atoms with E-state index in [0.29, 0.717) is 29.8 Å². The Hall–Kier alpha value is -4.27. The number of H-pyrrole nitrogens is 1. The van der Waals surface area contributed by atoms with Crippen LogP contribution in [0.2, 0.25) is 0 Å². The molecule has 2 fully saturated rings. The smallest absolute Gasteiger partial charge is 0.416 e. The highest BCUT2D eigenvalue weighted by molar-refractivity contribution is 6.01. The van der Waals surface area contributed by atoms with E-state index in [4.69, 9.17) is 4.74 Å². The number of rotatable bonds is 9. The maximum atomic E-state index is 14.5. The van der Waals surface area contributed by atoms with Gasteiger partial charge in [-0.05, 0) is 90.6 Å². The lowest BCUT2D eigenvalue weighted by atomic mass is 9.91. The molecule has 2 aliphatic rings. The molecule has 2 aliphatic carbocycles. The number of carbonyl (C=O) groups is 2. The number of alkyl halides is 3. The molecule has 0 bridgehead atoms. The molecular weight excluding hydrogens is 591 g/mol. The molecule has 6 nitrogen and oxygen atoms in total. The highest BCUT2D eigenvalue weighted by Gasteiger charge is 2.60. The number of aromatic nitrogens is 1. The summed E-state index contributed by atoms with van der Waals surface area (Å²) >= 11 is 0. The first kappa shape index (κ1) is 31.7. The van der Waals surface area contributed by atoms with Gasteiger partial charge in [0.2, 0.25) is 11.8 Å². The topological polar surface area (TPSA) is 74.4 Å². The van der Waals surface area contributed by atoms with Crippen molar-refractivity contribution >= 4 is 28.4 Å². The zero-order chi connectivity index (χ0) is 32.9. The van der Waals surface area contributed by atoms with E-state index in [2.05, 4.69) is 43.2 Å². The molecule has 1 heterocycles. The summed E-state index contributed by atoms with van der Waals surface area (Å²) in [5.41, 5.74) is 2.46. The molecule has 0 radical (unpaired) electrons. The van der Waals surface area contributed by atoms with Gasteiger partial charge in [0.05, 0.1) is 12.7 Å². The number of hydrogen-bond acceptors (Lipinski definition) is 3. The van der Waals surface area contributed by atoms with Gasteiger partial charge in [0.25, 0.3) is 0 Å². The van der Waals surface area contributed by atoms with Crippen LogP contribution in [-0.4, -0.2) is 34.3 Å². The van der Waals surface area contributed by atoms with Gasteiger partial charge in [-0.1, -0.05) is 57.0 Å². The average molecular weight is 632 g/mol. The monoisotopic (exact) mass is 631 g/mol. The van der Waals surface area contributed by atoms with E-state index in [-0.39, 0.29) is 42.0 Å². The molecule has 3 aromatic carbocycles. The predicted molar refractivity (Wildman–Crippen MR) is 172 cm³/mol. The number of fused-ring (bicyclic) bond motifs is 1. The molecule has 1 aromatic heterocycles. The number of benzene rings is 3. The van der Waals surface area contributed by atoms with Gasteiger partial charge in [-0.2, -0.15) is 13.2 Å². The highest BCUT2D eigenvalue weighted by atomic mass is 19.4. The van der Waals surface area contributed by atoms with E-state index in [0.717, 1.165) is 41.6 Å². The number of hydrogen-bond donors (Lipinski definition) is 2. The van der Waals surface area contributed by atoms with Crippen LogP contribution in [0.25, 0.3) is 10.9 Å². The number of anilines is 1. The van der Waals surface area contributed by atoms with Gasteiger partial charge in [0, 0.05) is 35.2 Å². The Balaban J connectivity index is 1.32. The summed E-state index contributed by atoms with van der Waals surface area (Å²) in [6.07, 6.45) is -1.76. The quantitative estimate of drug-likeness (QED) is 0.194. The Morgan fingerprint density at radius 1 is 0.978 bits per heavy atom. The number of nitrogens with one attached hydrogen (secondary N) is 2. The molecule has 2 atom stereocenters. The summed E-state index contributed by atoms with van der Waals surface area (Å²) < 4.78 is 45.3. The van der Waals surface area contributed by atoms with Crippen LogP contribution in [0.4, 0.5) is 18.9 Å². The van der Waals surface area contributed by atoms with Crippen LogP contribution in [0.5, 0.6) is 5.75 Å². The van der Waals surface area contributed by atoms with Gasteiger partial charge in [-0.25, -0.2) is 0 Å². The first-order chi connectivity index (χ1) is 21.8. The van der Waals surface area contributed by atoms with Crippen LogP contribution in [0, 0.1) is 18.3 Å². The number of para-hydroxylation sites is 1. The summed E-state index contributed by atoms with van der Waals surface area (Å²) in [6.45, 7) is 6.46. The first-order valence-electron chi connectivity index (χ1n) is 15.8. The van der Waals surface area contributed by atoms with Crippen molar-refractivity contribution in [3.63, 3.8) is 0 Å². The lowest BCUT2D eigenvalue weighted by Gasteiger charge is -2.40. The van der Waals surface area contributed by atoms with E-state index in [9.17, 15) is 22.8 Å². The molecule has 6 rings (SSSR count). The fraction of sp³-hybridized carbons (Fsp3) is 0.405. The van der Waals surface area contributed by atoms with Crippen molar-refractivity contribution in [2.24, 2.45) is 11.3 Å². The van der Waals surface area contributed by atoms with E-state index in [1.165, 1.54) is 17.7 Å². The molecule has 242 valence electrons. The third-order valence-electron chi connectivity index (χ3n) is 10.3. The second-order valence-electron chi connectivity index (χ2n) is 13.4. The third kappa shape index (κ3) is 5.76. The minimum absolute atomic E-state index is 0.0381. The minimum Gasteiger partial charge on any atom is -0.497 e. The number of nitrogens with zero attached hydrogens (tertiary/aromatic N) is 1. The van der Waals surface area contributed by atoms with Crippen molar-refractivity contribution in [2.75, 3.05) is 12.4 Å². The molecule has 2 amide bonds. The van der Waals surface area contributed by atoms with Crippen LogP contribution >= 0.6 is 0 Å². The van der Waals surface area contributed by atoms with Gasteiger partial charge >= 0.3 is 6.18 Å². The standard InChI is InChI=1S/C37H40F3N3O3/c1-23-32(28-9-5-6-10-30(28)41-23)33-29(35(33,2)3)21-31(44)43(22-24-11-13-25(14-12-24)37(38,39)40)36(19-7-8-20-36)34(45)42-26-15-17-27(46-4)18-16-26/h5-6,9-18,29,33,41H,7-8,19-22H2,1-4H3,(H,42,45)/t29-,33+/m0/s1. The summed E-state index contributed by atoms with van der Waals surface area (Å²) in [5, 5.41) is 4.18. The van der Waals surface area contributed by atoms with Crippen molar-refractivity contribution in [3.05, 3.63) is 95.2 Å². The Morgan fingerprint density at radius 3 is 2.26 bits per heavy atom. The SMILES string of the molecule is COc1ccc(NC(=O)C2(N(Cc3ccc(C(F)(F)F)cc3)C(=O)C[C@H]3[C@H](c4c(C)[nH]c5ccccc45)C3(C)C)CCCC2)cc1. The molecule has 2 saturated carbocycles. The Kier molecular flexibility index (Phi) is 8.15. The van der Waals surface area contributed by atoms with Crippen LogP contribution in [0.15, 0.2) is 72.8 Å². The predicted octanol–water partition coefficient (Wildman–Crippen LogP) is 8.61. The number of halogens is 3. The van der Waals surface area contributed by atoms with Crippen molar-refractivity contribution in [3.8, 4) is 5.75 Å². The van der Waals surface area contributed by atoms with Gasteiger partial charge in [0.1, 0.15) is 11.3 Å². The zero-order valence-corrected chi connectivity index (χ0v) is 26.6. The number of methoxy groups -OCH3 is 1. The molecule has 2 N–H and O–H groups in total. The Bertz CT molecular complexity index is 1740. The lowest BCUT2D eigenvalue weighted by molar-refractivity contribution is -0.146. The summed E-state index contributed by atoms with van der Waals surface area (Å²) in [6, 6.07) is 20.1. The Labute approximate surface area is 267 Å². The molecule has 9 heteroatoms. The number of amides is 2. The molecule has 0 saturated heterocycles. The molecule has 0 aliphatic heterocycles. The van der Waals surface area contributed by atoms with E-state index < -0.39 is 17.3 Å². The number of aromatic amines is 1. The molecule has 4 aromatic rings. The van der Waals surface area contributed by atoms with Crippen molar-refractivity contribution < 1.29 is 27.5 Å². The zero-order valence-electron chi connectivity index (χ0n) is 26.6. The van der Waals surface area contributed by atoms with Crippen molar-refractivity contribution in [2.45, 2.75) is 77.1 Å². The molecule has 0 unspecified atom stereocenters. The van der Waals surface area contributed by atoms with Gasteiger partial charge < -0.3 is 19.9 Å².